The van der Waals surface area contributed by atoms with E-state index in [1.165, 1.54) is 0 Å². The summed E-state index contributed by atoms with van der Waals surface area (Å²) in [5, 5.41) is 20.7. The van der Waals surface area contributed by atoms with Crippen molar-refractivity contribution in [3.05, 3.63) is 90.7 Å². The Bertz CT molecular complexity index is 1780. The standard InChI is InChI=1S/C39H48N10O2/c1-3-11-34(45-37-42-27-32(24-40)36(46-37)48-21-18-39(19-22-48)17-10-23-51-39)14-8-5-9-20-49(38(50)43-25-30-12-6-4-7-13-30)35-16-15-31(26-41-35)33-28-44-47(2)29-33/h4,6-7,9,12-13,15-16,20,26-29,34H,3,5,8,10-11,14,17-19,21-23,25H2,1-2H3,(H,43,50)(H,42,45,46)/b20-9+. The number of carbonyl (C=O) groups is 1. The van der Waals surface area contributed by atoms with Crippen molar-refractivity contribution in [1.82, 2.24) is 30.0 Å². The largest absolute Gasteiger partial charge is 0.375 e. The Morgan fingerprint density at radius 3 is 2.61 bits per heavy atom. The molecule has 6 rings (SSSR count). The van der Waals surface area contributed by atoms with Crippen LogP contribution in [0.25, 0.3) is 11.1 Å². The molecular formula is C39H48N10O2. The third-order valence-electron chi connectivity index (χ3n) is 9.73. The summed E-state index contributed by atoms with van der Waals surface area (Å²) in [4.78, 5) is 31.2. The molecule has 0 saturated carbocycles. The number of hydrogen-bond acceptors (Lipinski definition) is 9. The number of benzene rings is 1. The van der Waals surface area contributed by atoms with Crippen molar-refractivity contribution in [2.45, 2.75) is 82.9 Å². The maximum absolute atomic E-state index is 13.4. The lowest BCUT2D eigenvalue weighted by molar-refractivity contribution is -0.0147. The van der Waals surface area contributed by atoms with Gasteiger partial charge in [0.2, 0.25) is 5.95 Å². The number of aromatic nitrogens is 5. The number of aryl methyl sites for hydroxylation is 1. The maximum Gasteiger partial charge on any atom is 0.327 e. The van der Waals surface area contributed by atoms with Gasteiger partial charge < -0.3 is 20.3 Å². The Balaban J connectivity index is 1.07. The highest BCUT2D eigenvalue weighted by Gasteiger charge is 2.39. The summed E-state index contributed by atoms with van der Waals surface area (Å²) >= 11 is 0. The highest BCUT2D eigenvalue weighted by atomic mass is 16.5. The number of nitrogens with one attached hydrogen (secondary N) is 2. The van der Waals surface area contributed by atoms with E-state index in [2.05, 4.69) is 43.6 Å². The summed E-state index contributed by atoms with van der Waals surface area (Å²) in [6.45, 7) is 5.07. The van der Waals surface area contributed by atoms with Crippen molar-refractivity contribution in [2.75, 3.05) is 34.8 Å². The first kappa shape index (κ1) is 35.5. The lowest BCUT2D eigenvalue weighted by Crippen LogP contribution is -2.44. The second kappa shape index (κ2) is 17.1. The molecule has 266 valence electrons. The normalized spacial score (nSPS) is 15.9. The molecule has 2 aliphatic rings. The molecule has 1 spiro atoms. The molecule has 5 heterocycles. The van der Waals surface area contributed by atoms with Gasteiger partial charge in [-0.1, -0.05) is 49.8 Å². The lowest BCUT2D eigenvalue weighted by atomic mass is 9.88. The molecular weight excluding hydrogens is 640 g/mol. The van der Waals surface area contributed by atoms with Crippen molar-refractivity contribution in [2.24, 2.45) is 7.05 Å². The van der Waals surface area contributed by atoms with E-state index >= 15 is 0 Å². The van der Waals surface area contributed by atoms with Gasteiger partial charge in [-0.3, -0.25) is 9.58 Å². The minimum Gasteiger partial charge on any atom is -0.375 e. The predicted octanol–water partition coefficient (Wildman–Crippen LogP) is 6.97. The van der Waals surface area contributed by atoms with Gasteiger partial charge in [0.15, 0.2) is 5.82 Å². The van der Waals surface area contributed by atoms with Gasteiger partial charge in [-0.2, -0.15) is 15.3 Å². The summed E-state index contributed by atoms with van der Waals surface area (Å²) < 4.78 is 7.86. The number of piperidine rings is 1. The van der Waals surface area contributed by atoms with E-state index in [4.69, 9.17) is 9.72 Å². The number of amides is 2. The zero-order chi connectivity index (χ0) is 35.5. The zero-order valence-corrected chi connectivity index (χ0v) is 29.7. The molecule has 4 aromatic rings. The van der Waals surface area contributed by atoms with Gasteiger partial charge in [0.25, 0.3) is 0 Å². The molecule has 1 atom stereocenters. The van der Waals surface area contributed by atoms with Gasteiger partial charge in [0.1, 0.15) is 17.5 Å². The highest BCUT2D eigenvalue weighted by molar-refractivity contribution is 5.92. The molecule has 3 aromatic heterocycles. The molecule has 0 bridgehead atoms. The highest BCUT2D eigenvalue weighted by Crippen LogP contribution is 2.37. The van der Waals surface area contributed by atoms with Gasteiger partial charge in [-0.05, 0) is 69.1 Å². The Morgan fingerprint density at radius 1 is 1.08 bits per heavy atom. The summed E-state index contributed by atoms with van der Waals surface area (Å²) in [5.41, 5.74) is 3.41. The first-order valence-corrected chi connectivity index (χ1v) is 18.1. The maximum atomic E-state index is 13.4. The number of hydrogen-bond donors (Lipinski definition) is 2. The molecule has 2 saturated heterocycles. The quantitative estimate of drug-likeness (QED) is 0.135. The van der Waals surface area contributed by atoms with Gasteiger partial charge in [-0.15, -0.1) is 0 Å². The molecule has 12 heteroatoms. The van der Waals surface area contributed by atoms with Crippen LogP contribution < -0.4 is 20.4 Å². The first-order chi connectivity index (χ1) is 24.9. The molecule has 51 heavy (non-hydrogen) atoms. The molecule has 2 amide bonds. The van der Waals surface area contributed by atoms with E-state index in [1.807, 2.05) is 68.0 Å². The van der Waals surface area contributed by atoms with Crippen molar-refractivity contribution in [3.8, 4) is 17.2 Å². The third-order valence-corrected chi connectivity index (χ3v) is 9.73. The topological polar surface area (TPSA) is 137 Å². The van der Waals surface area contributed by atoms with Crippen molar-refractivity contribution < 1.29 is 9.53 Å². The number of unbranched alkanes of at least 4 members (excludes halogenated alkanes) is 1. The lowest BCUT2D eigenvalue weighted by Gasteiger charge is -2.39. The minimum atomic E-state index is -0.254. The van der Waals surface area contributed by atoms with E-state index in [9.17, 15) is 10.1 Å². The summed E-state index contributed by atoms with van der Waals surface area (Å²) in [6, 6.07) is 15.9. The number of pyridine rings is 1. The molecule has 2 fully saturated rings. The summed E-state index contributed by atoms with van der Waals surface area (Å²) in [5.74, 6) is 1.79. The number of nitrogens with zero attached hydrogens (tertiary/aromatic N) is 8. The van der Waals surface area contributed by atoms with E-state index in [-0.39, 0.29) is 17.7 Å². The van der Waals surface area contributed by atoms with Gasteiger partial charge in [0.05, 0.1) is 18.0 Å². The Hall–Kier alpha value is -5.28. The van der Waals surface area contributed by atoms with Crippen LogP contribution in [0.5, 0.6) is 0 Å². The fourth-order valence-corrected chi connectivity index (χ4v) is 6.90. The van der Waals surface area contributed by atoms with E-state index in [0.29, 0.717) is 29.7 Å². The van der Waals surface area contributed by atoms with Gasteiger partial charge in [0, 0.05) is 69.1 Å². The van der Waals surface area contributed by atoms with Crippen LogP contribution in [0.3, 0.4) is 0 Å². The fourth-order valence-electron chi connectivity index (χ4n) is 6.90. The molecule has 0 aliphatic carbocycles. The summed E-state index contributed by atoms with van der Waals surface area (Å²) in [7, 11) is 1.88. The van der Waals surface area contributed by atoms with E-state index in [1.54, 1.807) is 28.2 Å². The third kappa shape index (κ3) is 9.29. The van der Waals surface area contributed by atoms with Crippen LogP contribution in [0.4, 0.5) is 22.4 Å². The van der Waals surface area contributed by atoms with Crippen molar-refractivity contribution >= 4 is 23.6 Å². The second-order valence-corrected chi connectivity index (χ2v) is 13.4. The number of ether oxygens (including phenoxy) is 1. The van der Waals surface area contributed by atoms with Crippen LogP contribution in [0, 0.1) is 11.3 Å². The average Bonchev–Trinajstić information content (AvgIpc) is 3.82. The van der Waals surface area contributed by atoms with Crippen LogP contribution in [0.1, 0.15) is 75.8 Å². The average molecular weight is 689 g/mol. The van der Waals surface area contributed by atoms with E-state index < -0.39 is 0 Å². The van der Waals surface area contributed by atoms with E-state index in [0.717, 1.165) is 94.2 Å². The van der Waals surface area contributed by atoms with Crippen LogP contribution in [0.15, 0.2) is 79.5 Å². The number of rotatable bonds is 14. The number of allylic oxidation sites excluding steroid dienone is 1. The number of anilines is 3. The fraction of sp³-hybridized carbons (Fsp3) is 0.436. The zero-order valence-electron chi connectivity index (χ0n) is 29.7. The molecule has 1 unspecified atom stereocenters. The predicted molar refractivity (Wildman–Crippen MR) is 199 cm³/mol. The minimum absolute atomic E-state index is 0.00248. The van der Waals surface area contributed by atoms with Crippen molar-refractivity contribution in [1.29, 1.82) is 5.26 Å². The van der Waals surface area contributed by atoms with Gasteiger partial charge in [-0.25, -0.2) is 14.8 Å². The van der Waals surface area contributed by atoms with Crippen LogP contribution in [-0.2, 0) is 18.3 Å². The van der Waals surface area contributed by atoms with Crippen LogP contribution >= 0.6 is 0 Å². The number of carbonyl (C=O) groups excluding carboxylic acids is 1. The number of nitriles is 1. The van der Waals surface area contributed by atoms with Crippen molar-refractivity contribution in [3.63, 3.8) is 0 Å². The first-order valence-electron chi connectivity index (χ1n) is 18.1. The monoisotopic (exact) mass is 688 g/mol. The van der Waals surface area contributed by atoms with Crippen LogP contribution in [-0.4, -0.2) is 62.1 Å². The molecule has 12 nitrogen and oxygen atoms in total. The smallest absolute Gasteiger partial charge is 0.327 e. The second-order valence-electron chi connectivity index (χ2n) is 13.4. The Kier molecular flexibility index (Phi) is 11.9. The number of urea groups is 1. The van der Waals surface area contributed by atoms with Crippen LogP contribution in [0.2, 0.25) is 0 Å². The molecule has 2 aliphatic heterocycles. The SMILES string of the molecule is CCCC(CCC/C=C/N(C(=O)NCc1ccccc1)c1ccc(-c2cnn(C)c2)cn1)Nc1ncc(C#N)c(N2CCC3(CCCO3)CC2)n1. The Morgan fingerprint density at radius 2 is 1.92 bits per heavy atom. The van der Waals surface area contributed by atoms with Gasteiger partial charge >= 0.3 is 6.03 Å². The molecule has 1 aromatic carbocycles. The Labute approximate surface area is 300 Å². The molecule has 0 radical (unpaired) electrons. The molecule has 2 N–H and O–H groups in total. The summed E-state index contributed by atoms with van der Waals surface area (Å²) in [6.07, 6.45) is 19.7.